The molecular formula is C26H30FN7O4. The first-order valence-corrected chi connectivity index (χ1v) is 12.8. The number of aromatic nitrogens is 4. The van der Waals surface area contributed by atoms with Gasteiger partial charge in [0.25, 0.3) is 11.7 Å². The summed E-state index contributed by atoms with van der Waals surface area (Å²) >= 11 is 0. The summed E-state index contributed by atoms with van der Waals surface area (Å²) in [4.78, 5) is 49.6. The van der Waals surface area contributed by atoms with E-state index in [0.717, 1.165) is 23.0 Å². The Balaban J connectivity index is 1.36. The molecule has 1 saturated heterocycles. The van der Waals surface area contributed by atoms with E-state index in [9.17, 15) is 18.8 Å². The Kier molecular flexibility index (Phi) is 7.21. The lowest BCUT2D eigenvalue weighted by molar-refractivity contribution is -0.135. The third kappa shape index (κ3) is 5.15. The zero-order valence-corrected chi connectivity index (χ0v) is 21.4. The molecule has 0 aliphatic carbocycles. The zero-order chi connectivity index (χ0) is 26.8. The summed E-state index contributed by atoms with van der Waals surface area (Å²) in [5.74, 6) is -0.565. The van der Waals surface area contributed by atoms with E-state index < -0.39 is 11.7 Å². The average molecular weight is 524 g/mol. The maximum absolute atomic E-state index is 13.9. The highest BCUT2D eigenvalue weighted by Gasteiger charge is 2.38. The third-order valence-corrected chi connectivity index (χ3v) is 7.27. The van der Waals surface area contributed by atoms with Crippen molar-refractivity contribution < 1.29 is 23.5 Å². The number of benzene rings is 1. The molecule has 11 nitrogen and oxygen atoms in total. The fourth-order valence-corrected chi connectivity index (χ4v) is 5.40. The van der Waals surface area contributed by atoms with Gasteiger partial charge in [0.1, 0.15) is 24.5 Å². The Labute approximate surface area is 218 Å². The molecule has 2 atom stereocenters. The van der Waals surface area contributed by atoms with Crippen molar-refractivity contribution in [1.29, 1.82) is 0 Å². The Morgan fingerprint density at radius 1 is 1.18 bits per heavy atom. The second-order valence-corrected chi connectivity index (χ2v) is 9.67. The molecule has 2 aliphatic heterocycles. The van der Waals surface area contributed by atoms with Gasteiger partial charge < -0.3 is 20.3 Å². The number of hydrogen-bond acceptors (Lipinski definition) is 7. The van der Waals surface area contributed by atoms with Crippen LogP contribution in [0.1, 0.15) is 53.0 Å². The molecule has 1 aromatic carbocycles. The van der Waals surface area contributed by atoms with Crippen LogP contribution in [0.25, 0.3) is 5.78 Å². The maximum atomic E-state index is 13.9. The second kappa shape index (κ2) is 10.7. The van der Waals surface area contributed by atoms with Gasteiger partial charge in [0.15, 0.2) is 0 Å². The van der Waals surface area contributed by atoms with Crippen molar-refractivity contribution in [2.24, 2.45) is 0 Å². The van der Waals surface area contributed by atoms with E-state index in [2.05, 4.69) is 25.7 Å². The molecule has 0 saturated carbocycles. The Hall–Kier alpha value is -4.09. The van der Waals surface area contributed by atoms with Gasteiger partial charge in [0.2, 0.25) is 11.8 Å². The normalized spacial score (nSPS) is 20.3. The second-order valence-electron chi connectivity index (χ2n) is 9.67. The van der Waals surface area contributed by atoms with Gasteiger partial charge in [-0.25, -0.2) is 13.9 Å². The number of halogens is 1. The summed E-state index contributed by atoms with van der Waals surface area (Å²) < 4.78 is 21.2. The predicted octanol–water partition coefficient (Wildman–Crippen LogP) is 1.50. The number of rotatable bonds is 3. The van der Waals surface area contributed by atoms with Crippen molar-refractivity contribution in [3.8, 4) is 5.75 Å². The number of hydrogen-bond donors (Lipinski definition) is 2. The number of amides is 3. The molecule has 3 aromatic rings. The van der Waals surface area contributed by atoms with Crippen molar-refractivity contribution in [1.82, 2.24) is 35.1 Å². The fraction of sp³-hybridized carbons (Fsp3) is 0.462. The maximum Gasteiger partial charge on any atom is 0.255 e. The van der Waals surface area contributed by atoms with Gasteiger partial charge in [0, 0.05) is 42.9 Å². The molecule has 2 N–H and O–H groups in total. The van der Waals surface area contributed by atoms with Crippen LogP contribution >= 0.6 is 0 Å². The topological polar surface area (TPSA) is 131 Å². The Bertz CT molecular complexity index is 1390. The molecule has 3 amide bonds. The first kappa shape index (κ1) is 25.6. The molecule has 5 rings (SSSR count). The van der Waals surface area contributed by atoms with Crippen LogP contribution in [0.5, 0.6) is 5.75 Å². The quantitative estimate of drug-likeness (QED) is 0.532. The molecule has 0 unspecified atom stereocenters. The fourth-order valence-electron chi connectivity index (χ4n) is 5.40. The first-order chi connectivity index (χ1) is 18.3. The van der Waals surface area contributed by atoms with E-state index >= 15 is 0 Å². The van der Waals surface area contributed by atoms with Gasteiger partial charge in [0.05, 0.1) is 12.1 Å². The minimum absolute atomic E-state index is 0.0720. The summed E-state index contributed by atoms with van der Waals surface area (Å²) in [6, 6.07) is 3.17. The number of ether oxygens (including phenoxy) is 1. The molecule has 38 heavy (non-hydrogen) atoms. The Morgan fingerprint density at radius 3 is 2.84 bits per heavy atom. The summed E-state index contributed by atoms with van der Waals surface area (Å²) in [6.45, 7) is 4.33. The zero-order valence-electron chi connectivity index (χ0n) is 21.4. The van der Waals surface area contributed by atoms with Gasteiger partial charge in [-0.3, -0.25) is 14.4 Å². The summed E-state index contributed by atoms with van der Waals surface area (Å²) in [7, 11) is 0. The van der Waals surface area contributed by atoms with Gasteiger partial charge in [-0.05, 0) is 56.9 Å². The van der Waals surface area contributed by atoms with Crippen molar-refractivity contribution in [2.45, 2.75) is 58.0 Å². The highest BCUT2D eigenvalue weighted by Crippen LogP contribution is 2.28. The molecule has 0 radical (unpaired) electrons. The van der Waals surface area contributed by atoms with Gasteiger partial charge in [-0.2, -0.15) is 10.1 Å². The van der Waals surface area contributed by atoms with Crippen LogP contribution < -0.4 is 15.4 Å². The van der Waals surface area contributed by atoms with E-state index in [1.54, 1.807) is 9.42 Å². The van der Waals surface area contributed by atoms with Crippen molar-refractivity contribution in [3.63, 3.8) is 0 Å². The molecule has 4 heterocycles. The number of nitrogens with one attached hydrogen (secondary N) is 2. The standard InChI is InChI=1S/C26H30FN7O4/c1-15-20(16(2)34-26(32-15)30-14-31-34)6-8-24(36)33-18-4-5-19(33)13-29-25(37)21-11-17(27)3-7-22(21)38-10-9-28-23(35)12-18/h3,7,11,14,18-19H,4-6,8-10,12-13H2,1-2H3,(H,28,35)(H,29,37)/t18-,19+/m0/s1. The highest BCUT2D eigenvalue weighted by atomic mass is 19.1. The van der Waals surface area contributed by atoms with Gasteiger partial charge in [-0.1, -0.05) is 0 Å². The molecule has 2 aromatic heterocycles. The van der Waals surface area contributed by atoms with E-state index in [0.29, 0.717) is 25.0 Å². The van der Waals surface area contributed by atoms with Crippen LogP contribution in [0.2, 0.25) is 0 Å². The third-order valence-electron chi connectivity index (χ3n) is 7.27. The Morgan fingerprint density at radius 2 is 2.00 bits per heavy atom. The molecule has 2 aliphatic rings. The van der Waals surface area contributed by atoms with Crippen LogP contribution in [-0.4, -0.2) is 74.0 Å². The van der Waals surface area contributed by atoms with Crippen LogP contribution in [0, 0.1) is 19.7 Å². The van der Waals surface area contributed by atoms with Crippen LogP contribution in [0.3, 0.4) is 0 Å². The lowest BCUT2D eigenvalue weighted by Crippen LogP contribution is -2.48. The SMILES string of the molecule is Cc1nc2ncnn2c(C)c1CCC(=O)N1[C@@H]2CC[C@H]1CC(=O)NCCOc1ccc(F)cc1C(=O)NC2. The van der Waals surface area contributed by atoms with Gasteiger partial charge >= 0.3 is 0 Å². The molecule has 200 valence electrons. The largest absolute Gasteiger partial charge is 0.491 e. The first-order valence-electron chi connectivity index (χ1n) is 12.8. The molecule has 2 bridgehead atoms. The molecule has 0 spiro atoms. The monoisotopic (exact) mass is 523 g/mol. The molecule has 1 fully saturated rings. The average Bonchev–Trinajstić information content (AvgIpc) is 3.52. The molecular weight excluding hydrogens is 493 g/mol. The van der Waals surface area contributed by atoms with Crippen molar-refractivity contribution >= 4 is 23.5 Å². The van der Waals surface area contributed by atoms with Crippen LogP contribution in [0.15, 0.2) is 24.5 Å². The smallest absolute Gasteiger partial charge is 0.255 e. The number of carbonyl (C=O) groups excluding carboxylic acids is 3. The highest BCUT2D eigenvalue weighted by molar-refractivity contribution is 5.97. The number of nitrogens with zero attached hydrogens (tertiary/aromatic N) is 5. The minimum Gasteiger partial charge on any atom is -0.491 e. The minimum atomic E-state index is -0.557. The van der Waals surface area contributed by atoms with Crippen LogP contribution in [0.4, 0.5) is 4.39 Å². The predicted molar refractivity (Wildman–Crippen MR) is 134 cm³/mol. The van der Waals surface area contributed by atoms with Crippen LogP contribution in [-0.2, 0) is 16.0 Å². The van der Waals surface area contributed by atoms with E-state index in [1.807, 2.05) is 13.8 Å². The van der Waals surface area contributed by atoms with E-state index in [1.165, 1.54) is 18.5 Å². The summed E-state index contributed by atoms with van der Waals surface area (Å²) in [6.07, 6.45) is 3.57. The number of carbonyl (C=O) groups is 3. The van der Waals surface area contributed by atoms with Crippen molar-refractivity contribution in [2.75, 3.05) is 19.7 Å². The van der Waals surface area contributed by atoms with E-state index in [4.69, 9.17) is 4.74 Å². The summed E-state index contributed by atoms with van der Waals surface area (Å²) in [5.41, 5.74) is 2.67. The van der Waals surface area contributed by atoms with Gasteiger partial charge in [-0.15, -0.1) is 0 Å². The van der Waals surface area contributed by atoms with E-state index in [-0.39, 0.29) is 67.7 Å². The van der Waals surface area contributed by atoms with Crippen molar-refractivity contribution in [3.05, 3.63) is 52.9 Å². The molecule has 12 heteroatoms. The lowest BCUT2D eigenvalue weighted by atomic mass is 10.1. The summed E-state index contributed by atoms with van der Waals surface area (Å²) in [5, 5.41) is 9.87. The number of fused-ring (bicyclic) bond motifs is 4. The lowest BCUT2D eigenvalue weighted by Gasteiger charge is -2.31. The number of aryl methyl sites for hydroxylation is 2.